The monoisotopic (exact) mass is 339 g/mol. The molecule has 0 bridgehead atoms. The van der Waals surface area contributed by atoms with E-state index in [9.17, 15) is 0 Å². The Hall–Kier alpha value is -0.850. The topological polar surface area (TPSA) is 52.1 Å². The first-order chi connectivity index (χ1) is 11.7. The zero-order valence-electron chi connectivity index (χ0n) is 15.9. The van der Waals surface area contributed by atoms with E-state index >= 15 is 0 Å². The van der Waals surface area contributed by atoms with Gasteiger partial charge >= 0.3 is 0 Å². The molecule has 2 fully saturated rings. The molecular weight excluding hydrogens is 302 g/mol. The number of hydrogen-bond acceptors (Lipinski definition) is 4. The van der Waals surface area contributed by atoms with Crippen molar-refractivity contribution in [2.45, 2.75) is 39.7 Å². The summed E-state index contributed by atoms with van der Waals surface area (Å²) in [6.07, 6.45) is 2.62. The van der Waals surface area contributed by atoms with Crippen molar-refractivity contribution in [2.24, 2.45) is 10.9 Å². The van der Waals surface area contributed by atoms with Crippen LogP contribution in [0, 0.1) is 5.92 Å². The average molecular weight is 340 g/mol. The quantitative estimate of drug-likeness (QED) is 0.510. The van der Waals surface area contributed by atoms with Crippen molar-refractivity contribution in [2.75, 3.05) is 65.6 Å². The molecule has 0 aromatic heterocycles. The van der Waals surface area contributed by atoms with E-state index in [2.05, 4.69) is 41.2 Å². The van der Waals surface area contributed by atoms with E-state index < -0.39 is 0 Å². The summed E-state index contributed by atoms with van der Waals surface area (Å²) >= 11 is 0. The van der Waals surface area contributed by atoms with Crippen molar-refractivity contribution >= 4 is 5.96 Å². The third kappa shape index (κ3) is 6.57. The van der Waals surface area contributed by atoms with Gasteiger partial charge < -0.3 is 15.4 Å². The molecule has 2 unspecified atom stereocenters. The fourth-order valence-corrected chi connectivity index (χ4v) is 3.63. The average Bonchev–Trinajstić information content (AvgIpc) is 3.06. The molecule has 0 aromatic rings. The Bertz CT molecular complexity index is 370. The number of likely N-dealkylation sites (N-methyl/N-ethyl adjacent to an activating group) is 1. The van der Waals surface area contributed by atoms with Crippen LogP contribution in [0.5, 0.6) is 0 Å². The Kier molecular flexibility index (Phi) is 8.84. The molecular formula is C18H37N5O. The fraction of sp³-hybridized carbons (Fsp3) is 0.944. The van der Waals surface area contributed by atoms with Crippen LogP contribution in [-0.2, 0) is 4.74 Å². The minimum atomic E-state index is 0.567. The summed E-state index contributed by atoms with van der Waals surface area (Å²) in [5.74, 6) is 1.53. The van der Waals surface area contributed by atoms with Gasteiger partial charge in [-0.15, -0.1) is 0 Å². The summed E-state index contributed by atoms with van der Waals surface area (Å²) in [6.45, 7) is 16.8. The van der Waals surface area contributed by atoms with Crippen LogP contribution in [0.25, 0.3) is 0 Å². The standard InChI is InChI=1S/C18H37N5O/c1-4-19-18(21-14-17-7-6-8-23(17)5-2)20-13-16(3)15-22-9-11-24-12-10-22/h16-17H,4-15H2,1-3H3,(H2,19,20,21). The molecule has 24 heavy (non-hydrogen) atoms. The number of rotatable bonds is 8. The van der Waals surface area contributed by atoms with Crippen molar-refractivity contribution in [1.29, 1.82) is 0 Å². The van der Waals surface area contributed by atoms with Crippen LogP contribution in [0.2, 0.25) is 0 Å². The van der Waals surface area contributed by atoms with Crippen molar-refractivity contribution < 1.29 is 4.74 Å². The van der Waals surface area contributed by atoms with E-state index in [0.717, 1.165) is 65.0 Å². The maximum Gasteiger partial charge on any atom is 0.191 e. The van der Waals surface area contributed by atoms with Gasteiger partial charge in [0, 0.05) is 45.3 Å². The van der Waals surface area contributed by atoms with Crippen molar-refractivity contribution in [3.05, 3.63) is 0 Å². The van der Waals surface area contributed by atoms with Gasteiger partial charge in [-0.2, -0.15) is 0 Å². The minimum absolute atomic E-state index is 0.567. The highest BCUT2D eigenvalue weighted by Gasteiger charge is 2.22. The second-order valence-corrected chi connectivity index (χ2v) is 7.04. The molecule has 2 atom stereocenters. The first-order valence-corrected chi connectivity index (χ1v) is 9.79. The maximum atomic E-state index is 5.42. The summed E-state index contributed by atoms with van der Waals surface area (Å²) in [5.41, 5.74) is 0. The van der Waals surface area contributed by atoms with Gasteiger partial charge in [-0.25, -0.2) is 0 Å². The van der Waals surface area contributed by atoms with Crippen LogP contribution >= 0.6 is 0 Å². The van der Waals surface area contributed by atoms with Gasteiger partial charge in [0.05, 0.1) is 13.2 Å². The van der Waals surface area contributed by atoms with Gasteiger partial charge in [0.1, 0.15) is 0 Å². The molecule has 0 aliphatic carbocycles. The molecule has 2 aliphatic rings. The number of guanidine groups is 1. The van der Waals surface area contributed by atoms with Crippen molar-refractivity contribution in [1.82, 2.24) is 20.4 Å². The van der Waals surface area contributed by atoms with Gasteiger partial charge in [-0.05, 0) is 38.8 Å². The molecule has 6 heteroatoms. The lowest BCUT2D eigenvalue weighted by atomic mass is 10.1. The molecule has 2 saturated heterocycles. The molecule has 6 nitrogen and oxygen atoms in total. The van der Waals surface area contributed by atoms with Crippen LogP contribution in [0.3, 0.4) is 0 Å². The fourth-order valence-electron chi connectivity index (χ4n) is 3.63. The Morgan fingerprint density at radius 2 is 2.00 bits per heavy atom. The molecule has 0 saturated carbocycles. The lowest BCUT2D eigenvalue weighted by Gasteiger charge is -2.28. The Labute approximate surface area is 148 Å². The first-order valence-electron chi connectivity index (χ1n) is 9.79. The highest BCUT2D eigenvalue weighted by atomic mass is 16.5. The number of hydrogen-bond donors (Lipinski definition) is 2. The molecule has 140 valence electrons. The predicted molar refractivity (Wildman–Crippen MR) is 101 cm³/mol. The van der Waals surface area contributed by atoms with E-state index in [0.29, 0.717) is 12.0 Å². The normalized spacial score (nSPS) is 25.0. The number of morpholine rings is 1. The van der Waals surface area contributed by atoms with E-state index in [1.54, 1.807) is 0 Å². The lowest BCUT2D eigenvalue weighted by molar-refractivity contribution is 0.0323. The van der Waals surface area contributed by atoms with Gasteiger partial charge in [-0.3, -0.25) is 14.8 Å². The third-order valence-corrected chi connectivity index (χ3v) is 4.99. The van der Waals surface area contributed by atoms with Gasteiger partial charge in [-0.1, -0.05) is 13.8 Å². The Morgan fingerprint density at radius 3 is 2.71 bits per heavy atom. The SMILES string of the molecule is CCNC(=NCC(C)CN1CCOCC1)NCC1CCCN1CC. The zero-order valence-corrected chi connectivity index (χ0v) is 15.9. The van der Waals surface area contributed by atoms with Gasteiger partial charge in [0.25, 0.3) is 0 Å². The van der Waals surface area contributed by atoms with Crippen LogP contribution in [0.15, 0.2) is 4.99 Å². The maximum absolute atomic E-state index is 5.42. The first kappa shape index (κ1) is 19.5. The van der Waals surface area contributed by atoms with Gasteiger partial charge in [0.15, 0.2) is 5.96 Å². The molecule has 2 heterocycles. The summed E-state index contributed by atoms with van der Waals surface area (Å²) in [6, 6.07) is 0.657. The van der Waals surface area contributed by atoms with Crippen molar-refractivity contribution in [3.63, 3.8) is 0 Å². The van der Waals surface area contributed by atoms with Crippen LogP contribution in [0.4, 0.5) is 0 Å². The highest BCUT2D eigenvalue weighted by Crippen LogP contribution is 2.15. The van der Waals surface area contributed by atoms with E-state index in [1.807, 2.05) is 0 Å². The number of nitrogens with one attached hydrogen (secondary N) is 2. The predicted octanol–water partition coefficient (Wildman–Crippen LogP) is 0.994. The molecule has 0 amide bonds. The molecule has 2 N–H and O–H groups in total. The second kappa shape index (κ2) is 10.9. The second-order valence-electron chi connectivity index (χ2n) is 7.04. The van der Waals surface area contributed by atoms with Gasteiger partial charge in [0.2, 0.25) is 0 Å². The van der Waals surface area contributed by atoms with E-state index in [4.69, 9.17) is 9.73 Å². The molecule has 2 aliphatic heterocycles. The van der Waals surface area contributed by atoms with Crippen LogP contribution in [-0.4, -0.2) is 87.4 Å². The largest absolute Gasteiger partial charge is 0.379 e. The van der Waals surface area contributed by atoms with E-state index in [1.165, 1.54) is 19.4 Å². The molecule has 0 spiro atoms. The smallest absolute Gasteiger partial charge is 0.191 e. The number of ether oxygens (including phenoxy) is 1. The number of likely N-dealkylation sites (tertiary alicyclic amines) is 1. The Balaban J connectivity index is 1.74. The molecule has 0 radical (unpaired) electrons. The summed E-state index contributed by atoms with van der Waals surface area (Å²) in [4.78, 5) is 9.86. The highest BCUT2D eigenvalue weighted by molar-refractivity contribution is 5.79. The third-order valence-electron chi connectivity index (χ3n) is 4.99. The summed E-state index contributed by atoms with van der Waals surface area (Å²) in [7, 11) is 0. The number of aliphatic imine (C=N–C) groups is 1. The summed E-state index contributed by atoms with van der Waals surface area (Å²) < 4.78 is 5.42. The van der Waals surface area contributed by atoms with Crippen molar-refractivity contribution in [3.8, 4) is 0 Å². The molecule has 0 aromatic carbocycles. The molecule has 2 rings (SSSR count). The summed E-state index contributed by atoms with van der Waals surface area (Å²) in [5, 5.41) is 6.93. The zero-order chi connectivity index (χ0) is 17.2. The van der Waals surface area contributed by atoms with Crippen LogP contribution in [0.1, 0.15) is 33.6 Å². The Morgan fingerprint density at radius 1 is 1.21 bits per heavy atom. The number of nitrogens with zero attached hydrogens (tertiary/aromatic N) is 3. The minimum Gasteiger partial charge on any atom is -0.379 e. The van der Waals surface area contributed by atoms with Crippen LogP contribution < -0.4 is 10.6 Å². The lowest BCUT2D eigenvalue weighted by Crippen LogP contribution is -2.45. The van der Waals surface area contributed by atoms with E-state index in [-0.39, 0.29) is 0 Å².